The van der Waals surface area contributed by atoms with E-state index in [1.807, 2.05) is 37.3 Å². The molecule has 0 atom stereocenters. The first kappa shape index (κ1) is 13.8. The minimum atomic E-state index is -0.884. The van der Waals surface area contributed by atoms with Gasteiger partial charge in [0.05, 0.1) is 18.4 Å². The molecule has 3 heteroatoms. The van der Waals surface area contributed by atoms with Gasteiger partial charge in [0.15, 0.2) is 0 Å². The van der Waals surface area contributed by atoms with Crippen molar-refractivity contribution in [2.75, 3.05) is 6.61 Å². The second-order valence-electron chi connectivity index (χ2n) is 3.49. The van der Waals surface area contributed by atoms with Crippen LogP contribution in [0.15, 0.2) is 55.3 Å². The molecule has 0 radical (unpaired) electrons. The number of ether oxygens (including phenoxy) is 1. The van der Waals surface area contributed by atoms with E-state index in [4.69, 9.17) is 5.11 Å². The fourth-order valence-electron chi connectivity index (χ4n) is 1.44. The number of benzene rings is 2. The Hall–Kier alpha value is -2.29. The van der Waals surface area contributed by atoms with Crippen LogP contribution in [0.5, 0.6) is 0 Å². The Labute approximate surface area is 106 Å². The molecule has 0 spiro atoms. The Morgan fingerprint density at radius 2 is 1.94 bits per heavy atom. The minimum absolute atomic E-state index is 0.332. The number of hydrogen-bond acceptors (Lipinski definition) is 2. The average Bonchev–Trinajstić information content (AvgIpc) is 2.40. The van der Waals surface area contributed by atoms with Crippen LogP contribution >= 0.6 is 0 Å². The number of rotatable bonds is 3. The Morgan fingerprint density at radius 1 is 1.28 bits per heavy atom. The molecule has 0 fully saturated rings. The zero-order valence-corrected chi connectivity index (χ0v) is 10.3. The van der Waals surface area contributed by atoms with E-state index in [1.165, 1.54) is 6.26 Å². The van der Waals surface area contributed by atoms with Gasteiger partial charge < -0.3 is 9.84 Å². The van der Waals surface area contributed by atoms with Crippen LogP contribution in [0.4, 0.5) is 0 Å². The molecule has 0 amide bonds. The van der Waals surface area contributed by atoms with Crippen LogP contribution in [0.25, 0.3) is 10.8 Å². The summed E-state index contributed by atoms with van der Waals surface area (Å²) in [5.74, 6) is -0.884. The Morgan fingerprint density at radius 3 is 2.44 bits per heavy atom. The molecule has 18 heavy (non-hydrogen) atoms. The summed E-state index contributed by atoms with van der Waals surface area (Å²) in [7, 11) is 0. The topological polar surface area (TPSA) is 46.5 Å². The van der Waals surface area contributed by atoms with Crippen molar-refractivity contribution in [3.63, 3.8) is 0 Å². The highest BCUT2D eigenvalue weighted by molar-refractivity contribution is 5.94. The highest BCUT2D eigenvalue weighted by Crippen LogP contribution is 2.15. The first-order valence-electron chi connectivity index (χ1n) is 5.63. The monoisotopic (exact) mass is 244 g/mol. The molecule has 1 N–H and O–H groups in total. The van der Waals surface area contributed by atoms with E-state index in [-0.39, 0.29) is 0 Å². The van der Waals surface area contributed by atoms with Crippen molar-refractivity contribution in [2.24, 2.45) is 0 Å². The lowest BCUT2D eigenvalue weighted by Crippen LogP contribution is -1.94. The quantitative estimate of drug-likeness (QED) is 0.837. The van der Waals surface area contributed by atoms with E-state index in [0.717, 1.165) is 17.4 Å². The molecule has 0 unspecified atom stereocenters. The van der Waals surface area contributed by atoms with Gasteiger partial charge in [-0.05, 0) is 29.8 Å². The Balaban J connectivity index is 0.000000280. The first-order chi connectivity index (χ1) is 8.69. The molecule has 0 aliphatic heterocycles. The van der Waals surface area contributed by atoms with Gasteiger partial charge in [-0.1, -0.05) is 36.9 Å². The molecule has 0 saturated heterocycles. The molecule has 0 heterocycles. The molecule has 3 nitrogen and oxygen atoms in total. The normalized spacial score (nSPS) is 9.17. The van der Waals surface area contributed by atoms with Crippen molar-refractivity contribution >= 4 is 16.7 Å². The largest absolute Gasteiger partial charge is 0.502 e. The van der Waals surface area contributed by atoms with Gasteiger partial charge in [0.2, 0.25) is 0 Å². The molecule has 94 valence electrons. The van der Waals surface area contributed by atoms with Crippen molar-refractivity contribution in [3.05, 3.63) is 60.9 Å². The lowest BCUT2D eigenvalue weighted by Gasteiger charge is -1.98. The van der Waals surface area contributed by atoms with Crippen molar-refractivity contribution < 1.29 is 14.6 Å². The summed E-state index contributed by atoms with van der Waals surface area (Å²) in [6.45, 7) is 5.97. The van der Waals surface area contributed by atoms with Crippen molar-refractivity contribution in [3.8, 4) is 0 Å². The lowest BCUT2D eigenvalue weighted by atomic mass is 10.1. The van der Waals surface area contributed by atoms with Gasteiger partial charge in [0.25, 0.3) is 0 Å². The van der Waals surface area contributed by atoms with Crippen LogP contribution < -0.4 is 0 Å². The third-order valence-electron chi connectivity index (χ3n) is 2.28. The van der Waals surface area contributed by atoms with Crippen molar-refractivity contribution in [1.29, 1.82) is 0 Å². The SMILES string of the molecule is C=COCC.O=C(O)c1ccc2ccccc2c1. The van der Waals surface area contributed by atoms with Gasteiger partial charge in [-0.2, -0.15) is 0 Å². The molecule has 0 aliphatic rings. The van der Waals surface area contributed by atoms with Crippen LogP contribution in [0, 0.1) is 0 Å². The fourth-order valence-corrected chi connectivity index (χ4v) is 1.44. The molecule has 0 aromatic heterocycles. The van der Waals surface area contributed by atoms with Crippen molar-refractivity contribution in [2.45, 2.75) is 6.92 Å². The van der Waals surface area contributed by atoms with Gasteiger partial charge in [-0.3, -0.25) is 0 Å². The second-order valence-corrected chi connectivity index (χ2v) is 3.49. The third kappa shape index (κ3) is 3.94. The number of carbonyl (C=O) groups is 1. The van der Waals surface area contributed by atoms with E-state index in [0.29, 0.717) is 5.56 Å². The van der Waals surface area contributed by atoms with E-state index >= 15 is 0 Å². The van der Waals surface area contributed by atoms with Crippen molar-refractivity contribution in [1.82, 2.24) is 0 Å². The number of fused-ring (bicyclic) bond motifs is 1. The van der Waals surface area contributed by atoms with Crippen LogP contribution in [-0.2, 0) is 4.74 Å². The summed E-state index contributed by atoms with van der Waals surface area (Å²) < 4.78 is 4.60. The fraction of sp³-hybridized carbons (Fsp3) is 0.133. The van der Waals surface area contributed by atoms with Gasteiger partial charge in [-0.25, -0.2) is 4.79 Å². The Kier molecular flexibility index (Phi) is 5.45. The number of aromatic carboxylic acids is 1. The molecule has 2 aromatic rings. The van der Waals surface area contributed by atoms with Crippen LogP contribution in [0.3, 0.4) is 0 Å². The summed E-state index contributed by atoms with van der Waals surface area (Å²) in [6, 6.07) is 12.8. The summed E-state index contributed by atoms with van der Waals surface area (Å²) in [6.07, 6.45) is 1.43. The van der Waals surface area contributed by atoms with Gasteiger partial charge in [-0.15, -0.1) is 0 Å². The van der Waals surface area contributed by atoms with Crippen LogP contribution in [0.1, 0.15) is 17.3 Å². The highest BCUT2D eigenvalue weighted by Gasteiger charge is 2.01. The predicted octanol–water partition coefficient (Wildman–Crippen LogP) is 3.70. The smallest absolute Gasteiger partial charge is 0.335 e. The Bertz CT molecular complexity index is 532. The van der Waals surface area contributed by atoms with Crippen LogP contribution in [0.2, 0.25) is 0 Å². The highest BCUT2D eigenvalue weighted by atomic mass is 16.5. The molecular weight excluding hydrogens is 228 g/mol. The first-order valence-corrected chi connectivity index (χ1v) is 5.63. The van der Waals surface area contributed by atoms with E-state index in [1.54, 1.807) is 12.1 Å². The van der Waals surface area contributed by atoms with Gasteiger partial charge in [0.1, 0.15) is 0 Å². The number of hydrogen-bond donors (Lipinski definition) is 1. The van der Waals surface area contributed by atoms with E-state index in [2.05, 4.69) is 11.3 Å². The van der Waals surface area contributed by atoms with E-state index in [9.17, 15) is 4.79 Å². The third-order valence-corrected chi connectivity index (χ3v) is 2.28. The minimum Gasteiger partial charge on any atom is -0.502 e. The molecule has 2 aromatic carbocycles. The van der Waals surface area contributed by atoms with E-state index < -0.39 is 5.97 Å². The number of carboxylic acids is 1. The average molecular weight is 244 g/mol. The van der Waals surface area contributed by atoms with Gasteiger partial charge >= 0.3 is 5.97 Å². The summed E-state index contributed by atoms with van der Waals surface area (Å²) in [5, 5.41) is 10.8. The lowest BCUT2D eigenvalue weighted by molar-refractivity contribution is 0.0697. The molecule has 0 saturated carbocycles. The van der Waals surface area contributed by atoms with Gasteiger partial charge in [0, 0.05) is 0 Å². The molecule has 0 bridgehead atoms. The van der Waals surface area contributed by atoms with Crippen LogP contribution in [-0.4, -0.2) is 17.7 Å². The summed E-state index contributed by atoms with van der Waals surface area (Å²) in [4.78, 5) is 10.6. The number of carboxylic acid groups (broad SMARTS) is 1. The maximum atomic E-state index is 10.6. The predicted molar refractivity (Wildman–Crippen MR) is 72.7 cm³/mol. The maximum absolute atomic E-state index is 10.6. The molecule has 0 aliphatic carbocycles. The maximum Gasteiger partial charge on any atom is 0.335 e. The molecular formula is C15H16O3. The zero-order valence-electron chi connectivity index (χ0n) is 10.3. The summed E-state index contributed by atoms with van der Waals surface area (Å²) >= 11 is 0. The summed E-state index contributed by atoms with van der Waals surface area (Å²) in [5.41, 5.74) is 0.332. The molecule has 2 rings (SSSR count). The zero-order chi connectivity index (χ0) is 13.4. The standard InChI is InChI=1S/C11H8O2.C4H8O/c12-11(13)10-6-5-8-3-1-2-4-9(8)7-10;1-3-5-4-2/h1-7H,(H,12,13);3H,1,4H2,2H3. The second kappa shape index (κ2) is 7.12.